The molecule has 0 aromatic heterocycles. The molecule has 0 saturated heterocycles. The van der Waals surface area contributed by atoms with E-state index < -0.39 is 5.97 Å². The van der Waals surface area contributed by atoms with Crippen LogP contribution >= 0.6 is 0 Å². The van der Waals surface area contributed by atoms with E-state index in [2.05, 4.69) is 19.1 Å². The van der Waals surface area contributed by atoms with E-state index in [-0.39, 0.29) is 5.92 Å². The van der Waals surface area contributed by atoms with Crippen LogP contribution in [0, 0.1) is 5.92 Å². The number of aliphatic carboxylic acids is 1. The van der Waals surface area contributed by atoms with Crippen LogP contribution in [0.15, 0.2) is 12.2 Å². The van der Waals surface area contributed by atoms with Crippen LogP contribution in [-0.2, 0) is 4.79 Å². The third-order valence-electron chi connectivity index (χ3n) is 2.08. The standard InChI is InChI=1S/C11H20O2/c1-3-4-5-6-7-8-9-10(2)11(12)13/h4-5,10H,3,6-9H2,1-2H3,(H,12,13). The molecule has 13 heavy (non-hydrogen) atoms. The number of hydrogen-bond donors (Lipinski definition) is 1. The van der Waals surface area contributed by atoms with E-state index in [1.165, 1.54) is 0 Å². The Hall–Kier alpha value is -0.790. The minimum absolute atomic E-state index is 0.185. The molecule has 0 fully saturated rings. The van der Waals surface area contributed by atoms with Crippen LogP contribution in [-0.4, -0.2) is 11.1 Å². The summed E-state index contributed by atoms with van der Waals surface area (Å²) >= 11 is 0. The second-order valence-corrected chi connectivity index (χ2v) is 3.40. The molecule has 2 nitrogen and oxygen atoms in total. The van der Waals surface area contributed by atoms with Crippen LogP contribution < -0.4 is 0 Å². The van der Waals surface area contributed by atoms with Gasteiger partial charge in [-0.25, -0.2) is 0 Å². The molecule has 0 aliphatic carbocycles. The first-order valence-corrected chi connectivity index (χ1v) is 5.06. The summed E-state index contributed by atoms with van der Waals surface area (Å²) in [5, 5.41) is 8.61. The molecule has 1 unspecified atom stereocenters. The zero-order valence-corrected chi connectivity index (χ0v) is 8.62. The Kier molecular flexibility index (Phi) is 7.36. The summed E-state index contributed by atoms with van der Waals surface area (Å²) in [6.07, 6.45) is 9.42. The van der Waals surface area contributed by atoms with Crippen molar-refractivity contribution < 1.29 is 9.90 Å². The highest BCUT2D eigenvalue weighted by molar-refractivity contribution is 5.69. The molecular formula is C11H20O2. The number of hydrogen-bond acceptors (Lipinski definition) is 1. The number of unbranched alkanes of at least 4 members (excludes halogenated alkanes) is 2. The highest BCUT2D eigenvalue weighted by Gasteiger charge is 2.08. The lowest BCUT2D eigenvalue weighted by molar-refractivity contribution is -0.141. The summed E-state index contributed by atoms with van der Waals surface area (Å²) in [5.41, 5.74) is 0. The molecule has 0 heterocycles. The summed E-state index contributed by atoms with van der Waals surface area (Å²) in [5.74, 6) is -0.862. The van der Waals surface area contributed by atoms with Crippen LogP contribution in [0.2, 0.25) is 0 Å². The van der Waals surface area contributed by atoms with Gasteiger partial charge in [-0.2, -0.15) is 0 Å². The van der Waals surface area contributed by atoms with Gasteiger partial charge in [-0.1, -0.05) is 32.4 Å². The van der Waals surface area contributed by atoms with Gasteiger partial charge in [0, 0.05) is 0 Å². The summed E-state index contributed by atoms with van der Waals surface area (Å²) in [4.78, 5) is 10.5. The minimum Gasteiger partial charge on any atom is -0.481 e. The van der Waals surface area contributed by atoms with E-state index in [0.29, 0.717) is 0 Å². The Morgan fingerprint density at radius 1 is 1.38 bits per heavy atom. The number of rotatable bonds is 7. The lowest BCUT2D eigenvalue weighted by Crippen LogP contribution is -2.08. The molecule has 0 aromatic rings. The molecule has 2 heteroatoms. The van der Waals surface area contributed by atoms with Gasteiger partial charge in [-0.3, -0.25) is 4.79 Å². The number of allylic oxidation sites excluding steroid dienone is 2. The maximum absolute atomic E-state index is 10.5. The van der Waals surface area contributed by atoms with Gasteiger partial charge < -0.3 is 5.11 Å². The zero-order chi connectivity index (χ0) is 10.1. The van der Waals surface area contributed by atoms with Crippen molar-refractivity contribution in [2.75, 3.05) is 0 Å². The molecule has 0 spiro atoms. The maximum atomic E-state index is 10.5. The van der Waals surface area contributed by atoms with Crippen molar-refractivity contribution in [3.05, 3.63) is 12.2 Å². The molecule has 0 aliphatic heterocycles. The van der Waals surface area contributed by atoms with Crippen LogP contribution in [0.4, 0.5) is 0 Å². The van der Waals surface area contributed by atoms with Crippen molar-refractivity contribution in [3.63, 3.8) is 0 Å². The van der Waals surface area contributed by atoms with Gasteiger partial charge in [0.1, 0.15) is 0 Å². The van der Waals surface area contributed by atoms with Crippen molar-refractivity contribution in [1.29, 1.82) is 0 Å². The van der Waals surface area contributed by atoms with E-state index in [4.69, 9.17) is 5.11 Å². The molecule has 1 N–H and O–H groups in total. The van der Waals surface area contributed by atoms with Crippen molar-refractivity contribution in [2.24, 2.45) is 5.92 Å². The minimum atomic E-state index is -0.677. The van der Waals surface area contributed by atoms with Gasteiger partial charge in [0.2, 0.25) is 0 Å². The van der Waals surface area contributed by atoms with Crippen LogP contribution in [0.25, 0.3) is 0 Å². The normalized spacial score (nSPS) is 13.4. The zero-order valence-electron chi connectivity index (χ0n) is 8.62. The predicted octanol–water partition coefficient (Wildman–Crippen LogP) is 3.23. The average Bonchev–Trinajstić information content (AvgIpc) is 2.10. The summed E-state index contributed by atoms with van der Waals surface area (Å²) < 4.78 is 0. The second kappa shape index (κ2) is 7.84. The molecule has 0 aromatic carbocycles. The Morgan fingerprint density at radius 2 is 2.08 bits per heavy atom. The molecule has 0 amide bonds. The Morgan fingerprint density at radius 3 is 2.62 bits per heavy atom. The highest BCUT2D eigenvalue weighted by atomic mass is 16.4. The van der Waals surface area contributed by atoms with Gasteiger partial charge in [-0.05, 0) is 25.7 Å². The molecule has 0 radical (unpaired) electrons. The fourth-order valence-electron chi connectivity index (χ4n) is 1.12. The maximum Gasteiger partial charge on any atom is 0.306 e. The first-order valence-electron chi connectivity index (χ1n) is 5.06. The molecule has 0 aliphatic rings. The lowest BCUT2D eigenvalue weighted by atomic mass is 10.0. The number of carboxylic acid groups (broad SMARTS) is 1. The van der Waals surface area contributed by atoms with Gasteiger partial charge in [0.15, 0.2) is 0 Å². The number of carboxylic acids is 1. The molecule has 0 rings (SSSR count). The largest absolute Gasteiger partial charge is 0.481 e. The summed E-state index contributed by atoms with van der Waals surface area (Å²) in [7, 11) is 0. The van der Waals surface area contributed by atoms with E-state index in [1.807, 2.05) is 0 Å². The van der Waals surface area contributed by atoms with Crippen molar-refractivity contribution in [1.82, 2.24) is 0 Å². The second-order valence-electron chi connectivity index (χ2n) is 3.40. The first kappa shape index (κ1) is 12.2. The van der Waals surface area contributed by atoms with Crippen molar-refractivity contribution in [3.8, 4) is 0 Å². The van der Waals surface area contributed by atoms with Gasteiger partial charge in [0.05, 0.1) is 5.92 Å². The third kappa shape index (κ3) is 7.57. The van der Waals surface area contributed by atoms with Gasteiger partial charge in [-0.15, -0.1) is 0 Å². The Bertz CT molecular complexity index is 161. The van der Waals surface area contributed by atoms with Crippen molar-refractivity contribution in [2.45, 2.75) is 46.0 Å². The monoisotopic (exact) mass is 184 g/mol. The number of carbonyl (C=O) groups is 1. The average molecular weight is 184 g/mol. The molecule has 0 bridgehead atoms. The third-order valence-corrected chi connectivity index (χ3v) is 2.08. The van der Waals surface area contributed by atoms with Gasteiger partial charge >= 0.3 is 5.97 Å². The van der Waals surface area contributed by atoms with Crippen LogP contribution in [0.5, 0.6) is 0 Å². The highest BCUT2D eigenvalue weighted by Crippen LogP contribution is 2.09. The van der Waals surface area contributed by atoms with E-state index in [1.54, 1.807) is 6.92 Å². The van der Waals surface area contributed by atoms with Crippen LogP contribution in [0.1, 0.15) is 46.0 Å². The predicted molar refractivity (Wildman–Crippen MR) is 54.7 cm³/mol. The SMILES string of the molecule is CCC=CCCCCC(C)C(=O)O. The summed E-state index contributed by atoms with van der Waals surface area (Å²) in [6.45, 7) is 3.88. The fourth-order valence-corrected chi connectivity index (χ4v) is 1.12. The molecular weight excluding hydrogens is 164 g/mol. The summed E-state index contributed by atoms with van der Waals surface area (Å²) in [6, 6.07) is 0. The molecule has 76 valence electrons. The van der Waals surface area contributed by atoms with E-state index in [0.717, 1.165) is 32.1 Å². The quantitative estimate of drug-likeness (QED) is 0.487. The topological polar surface area (TPSA) is 37.3 Å². The van der Waals surface area contributed by atoms with E-state index >= 15 is 0 Å². The Balaban J connectivity index is 3.25. The smallest absolute Gasteiger partial charge is 0.306 e. The van der Waals surface area contributed by atoms with Crippen molar-refractivity contribution >= 4 is 5.97 Å². The lowest BCUT2D eigenvalue weighted by Gasteiger charge is -2.03. The Labute approximate surface area is 80.7 Å². The van der Waals surface area contributed by atoms with Gasteiger partial charge in [0.25, 0.3) is 0 Å². The molecule has 1 atom stereocenters. The molecule has 0 saturated carbocycles. The van der Waals surface area contributed by atoms with Crippen LogP contribution in [0.3, 0.4) is 0 Å². The fraction of sp³-hybridized carbons (Fsp3) is 0.727. The van der Waals surface area contributed by atoms with E-state index in [9.17, 15) is 4.79 Å². The first-order chi connectivity index (χ1) is 6.18.